The zero-order valence-electron chi connectivity index (χ0n) is 9.20. The van der Waals surface area contributed by atoms with Crippen molar-refractivity contribution in [2.75, 3.05) is 25.5 Å². The fraction of sp³-hybridized carbons (Fsp3) is 0.273. The van der Waals surface area contributed by atoms with Crippen molar-refractivity contribution in [3.05, 3.63) is 30.5 Å². The van der Waals surface area contributed by atoms with Gasteiger partial charge in [0.1, 0.15) is 11.5 Å². The molecule has 2 rings (SSSR count). The maximum absolute atomic E-state index is 4.14. The van der Waals surface area contributed by atoms with E-state index in [1.54, 1.807) is 0 Å². The molecule has 5 nitrogen and oxygen atoms in total. The Kier molecular flexibility index (Phi) is 3.50. The lowest BCUT2D eigenvalue weighted by Crippen LogP contribution is -2.18. The molecule has 2 aromatic heterocycles. The Balaban J connectivity index is 2.00. The molecule has 3 N–H and O–H groups in total. The van der Waals surface area contributed by atoms with Crippen molar-refractivity contribution in [2.45, 2.75) is 0 Å². The fourth-order valence-electron chi connectivity index (χ4n) is 1.38. The molecule has 0 unspecified atom stereocenters. The second kappa shape index (κ2) is 5.27. The van der Waals surface area contributed by atoms with Crippen molar-refractivity contribution < 1.29 is 0 Å². The van der Waals surface area contributed by atoms with Gasteiger partial charge in [-0.1, -0.05) is 0 Å². The van der Waals surface area contributed by atoms with E-state index in [1.165, 1.54) is 0 Å². The van der Waals surface area contributed by atoms with E-state index in [0.717, 1.165) is 30.3 Å². The van der Waals surface area contributed by atoms with E-state index in [4.69, 9.17) is 0 Å². The SMILES string of the molecule is CNCCNc1ccc(-c2ccc[nH]2)nn1. The summed E-state index contributed by atoms with van der Waals surface area (Å²) in [5, 5.41) is 14.5. The van der Waals surface area contributed by atoms with Crippen LogP contribution in [0.2, 0.25) is 0 Å². The van der Waals surface area contributed by atoms with Crippen LogP contribution in [0.5, 0.6) is 0 Å². The van der Waals surface area contributed by atoms with Gasteiger partial charge in [-0.3, -0.25) is 0 Å². The minimum atomic E-state index is 0.797. The predicted molar refractivity (Wildman–Crippen MR) is 64.2 cm³/mol. The Morgan fingerprint density at radius 3 is 2.75 bits per heavy atom. The van der Waals surface area contributed by atoms with E-state index in [1.807, 2.05) is 37.5 Å². The number of hydrogen-bond acceptors (Lipinski definition) is 4. The van der Waals surface area contributed by atoms with Gasteiger partial charge in [0.15, 0.2) is 0 Å². The van der Waals surface area contributed by atoms with Gasteiger partial charge in [0.05, 0.1) is 5.69 Å². The van der Waals surface area contributed by atoms with Gasteiger partial charge < -0.3 is 15.6 Å². The van der Waals surface area contributed by atoms with Crippen LogP contribution in [0.4, 0.5) is 5.82 Å². The van der Waals surface area contributed by atoms with Gasteiger partial charge >= 0.3 is 0 Å². The van der Waals surface area contributed by atoms with Crippen LogP contribution in [-0.4, -0.2) is 35.3 Å². The number of anilines is 1. The molecule has 2 aromatic rings. The van der Waals surface area contributed by atoms with Crippen LogP contribution >= 0.6 is 0 Å². The van der Waals surface area contributed by atoms with E-state index in [9.17, 15) is 0 Å². The van der Waals surface area contributed by atoms with Gasteiger partial charge in [0.2, 0.25) is 0 Å². The fourth-order valence-corrected chi connectivity index (χ4v) is 1.38. The summed E-state index contributed by atoms with van der Waals surface area (Å²) >= 11 is 0. The zero-order chi connectivity index (χ0) is 11.2. The van der Waals surface area contributed by atoms with Crippen LogP contribution in [-0.2, 0) is 0 Å². The molecule has 0 saturated carbocycles. The Morgan fingerprint density at radius 2 is 2.12 bits per heavy atom. The van der Waals surface area contributed by atoms with Crippen LogP contribution in [0.25, 0.3) is 11.4 Å². The topological polar surface area (TPSA) is 65.6 Å². The van der Waals surface area contributed by atoms with Crippen molar-refractivity contribution in [3.63, 3.8) is 0 Å². The largest absolute Gasteiger partial charge is 0.367 e. The molecule has 0 aliphatic carbocycles. The maximum atomic E-state index is 4.14. The highest BCUT2D eigenvalue weighted by atomic mass is 15.2. The molecule has 0 aliphatic heterocycles. The Bertz CT molecular complexity index is 406. The average molecular weight is 217 g/mol. The molecule has 0 bridgehead atoms. The number of rotatable bonds is 5. The molecule has 0 radical (unpaired) electrons. The molecule has 84 valence electrons. The van der Waals surface area contributed by atoms with Crippen LogP contribution in [0, 0.1) is 0 Å². The third kappa shape index (κ3) is 2.58. The molecule has 16 heavy (non-hydrogen) atoms. The number of likely N-dealkylation sites (N-methyl/N-ethyl adjacent to an activating group) is 1. The molecule has 0 spiro atoms. The molecule has 0 fully saturated rings. The first-order valence-electron chi connectivity index (χ1n) is 5.26. The first-order chi connectivity index (χ1) is 7.90. The van der Waals surface area contributed by atoms with Crippen molar-refractivity contribution in [2.24, 2.45) is 0 Å². The number of aromatic amines is 1. The Labute approximate surface area is 94.3 Å². The summed E-state index contributed by atoms with van der Waals surface area (Å²) in [6.45, 7) is 1.74. The molecular formula is C11H15N5. The van der Waals surface area contributed by atoms with Crippen LogP contribution < -0.4 is 10.6 Å². The Morgan fingerprint density at radius 1 is 1.19 bits per heavy atom. The average Bonchev–Trinajstić information content (AvgIpc) is 2.84. The number of nitrogens with zero attached hydrogens (tertiary/aromatic N) is 2. The van der Waals surface area contributed by atoms with Crippen molar-refractivity contribution in [3.8, 4) is 11.4 Å². The lowest BCUT2D eigenvalue weighted by Gasteiger charge is -2.04. The van der Waals surface area contributed by atoms with Crippen molar-refractivity contribution in [1.29, 1.82) is 0 Å². The molecule has 2 heterocycles. The third-order valence-electron chi connectivity index (χ3n) is 2.22. The van der Waals surface area contributed by atoms with E-state index in [2.05, 4.69) is 25.8 Å². The van der Waals surface area contributed by atoms with Crippen molar-refractivity contribution >= 4 is 5.82 Å². The van der Waals surface area contributed by atoms with Crippen molar-refractivity contribution in [1.82, 2.24) is 20.5 Å². The number of H-pyrrole nitrogens is 1. The number of nitrogens with one attached hydrogen (secondary N) is 3. The second-order valence-corrected chi connectivity index (χ2v) is 3.42. The van der Waals surface area contributed by atoms with Gasteiger partial charge in [-0.25, -0.2) is 0 Å². The van der Waals surface area contributed by atoms with E-state index >= 15 is 0 Å². The standard InChI is InChI=1S/C11H15N5/c1-12-7-8-14-11-5-4-10(15-16-11)9-3-2-6-13-9/h2-6,12-13H,7-8H2,1H3,(H,14,16). The summed E-state index contributed by atoms with van der Waals surface area (Å²) < 4.78 is 0. The third-order valence-corrected chi connectivity index (χ3v) is 2.22. The lowest BCUT2D eigenvalue weighted by atomic mass is 10.3. The summed E-state index contributed by atoms with van der Waals surface area (Å²) in [4.78, 5) is 3.09. The Hall–Kier alpha value is -1.88. The highest BCUT2D eigenvalue weighted by Crippen LogP contribution is 2.13. The second-order valence-electron chi connectivity index (χ2n) is 3.42. The number of hydrogen-bond donors (Lipinski definition) is 3. The van der Waals surface area contributed by atoms with Gasteiger partial charge in [0, 0.05) is 19.3 Å². The molecule has 0 saturated heterocycles. The zero-order valence-corrected chi connectivity index (χ0v) is 9.20. The van der Waals surface area contributed by atoms with E-state index < -0.39 is 0 Å². The minimum absolute atomic E-state index is 0.797. The van der Waals surface area contributed by atoms with Gasteiger partial charge in [0.25, 0.3) is 0 Å². The molecule has 0 aliphatic rings. The summed E-state index contributed by atoms with van der Waals surface area (Å²) in [6.07, 6.45) is 1.87. The quantitative estimate of drug-likeness (QED) is 0.656. The maximum Gasteiger partial charge on any atom is 0.148 e. The van der Waals surface area contributed by atoms with Gasteiger partial charge in [-0.2, -0.15) is 0 Å². The molecule has 0 atom stereocenters. The molecule has 0 amide bonds. The normalized spacial score (nSPS) is 10.3. The highest BCUT2D eigenvalue weighted by molar-refractivity contribution is 5.54. The monoisotopic (exact) mass is 217 g/mol. The van der Waals surface area contributed by atoms with Crippen LogP contribution in [0.15, 0.2) is 30.5 Å². The van der Waals surface area contributed by atoms with E-state index in [-0.39, 0.29) is 0 Å². The molecular weight excluding hydrogens is 202 g/mol. The van der Waals surface area contributed by atoms with Gasteiger partial charge in [-0.05, 0) is 31.3 Å². The lowest BCUT2D eigenvalue weighted by molar-refractivity contribution is 0.818. The predicted octanol–water partition coefficient (Wildman–Crippen LogP) is 1.10. The molecule has 5 heteroatoms. The summed E-state index contributed by atoms with van der Waals surface area (Å²) in [6, 6.07) is 7.79. The summed E-state index contributed by atoms with van der Waals surface area (Å²) in [5.41, 5.74) is 1.83. The number of aromatic nitrogens is 3. The van der Waals surface area contributed by atoms with Crippen LogP contribution in [0.1, 0.15) is 0 Å². The summed E-state index contributed by atoms with van der Waals surface area (Å²) in [7, 11) is 1.92. The van der Waals surface area contributed by atoms with E-state index in [0.29, 0.717) is 0 Å². The highest BCUT2D eigenvalue weighted by Gasteiger charge is 2.00. The summed E-state index contributed by atoms with van der Waals surface area (Å²) in [5.74, 6) is 0.797. The van der Waals surface area contributed by atoms with Crippen LogP contribution in [0.3, 0.4) is 0 Å². The smallest absolute Gasteiger partial charge is 0.148 e. The van der Waals surface area contributed by atoms with Gasteiger partial charge in [-0.15, -0.1) is 10.2 Å². The first kappa shape index (κ1) is 10.6. The molecule has 0 aromatic carbocycles. The minimum Gasteiger partial charge on any atom is -0.367 e. The first-order valence-corrected chi connectivity index (χ1v) is 5.26.